The fraction of sp³-hybridized carbons (Fsp3) is 0.857. The van der Waals surface area contributed by atoms with Gasteiger partial charge in [0.25, 0.3) is 0 Å². The average molecular weight is 415 g/mol. The summed E-state index contributed by atoms with van der Waals surface area (Å²) >= 11 is 7.40. The minimum atomic E-state index is 0. The van der Waals surface area contributed by atoms with Crippen LogP contribution in [0.2, 0.25) is 0 Å². The van der Waals surface area contributed by atoms with Crippen LogP contribution < -0.4 is 26.6 Å². The maximum atomic E-state index is 7.13. The first kappa shape index (κ1) is 28.6. The van der Waals surface area contributed by atoms with E-state index in [1.807, 2.05) is 0 Å². The van der Waals surface area contributed by atoms with Gasteiger partial charge in [-0.3, -0.25) is 0 Å². The summed E-state index contributed by atoms with van der Waals surface area (Å²) in [5.74, 6) is 0. The van der Waals surface area contributed by atoms with E-state index < -0.39 is 0 Å². The summed E-state index contributed by atoms with van der Waals surface area (Å²) in [4.78, 5) is 0. The monoisotopic (exact) mass is 414 g/mol. The molecular weight excluding hydrogens is 385 g/mol. The van der Waals surface area contributed by atoms with E-state index in [-0.39, 0.29) is 17.1 Å². The van der Waals surface area contributed by atoms with Gasteiger partial charge in [0.2, 0.25) is 0 Å². The molecule has 0 aromatic heterocycles. The Labute approximate surface area is 167 Å². The number of nitriles is 1. The summed E-state index contributed by atoms with van der Waals surface area (Å²) in [6.07, 6.45) is 0. The van der Waals surface area contributed by atoms with Crippen molar-refractivity contribution in [2.45, 2.75) is 25.9 Å². The van der Waals surface area contributed by atoms with Crippen molar-refractivity contribution in [3.8, 4) is 5.40 Å². The second-order valence-electron chi connectivity index (χ2n) is 4.92. The Bertz CT molecular complexity index is 305. The molecule has 24 heavy (non-hydrogen) atoms. The molecule has 1 saturated heterocycles. The first-order valence-corrected chi connectivity index (χ1v) is 8.57. The molecular formula is C14H29MnN7S2-2. The van der Waals surface area contributed by atoms with Crippen LogP contribution in [0.5, 0.6) is 0 Å². The van der Waals surface area contributed by atoms with Crippen molar-refractivity contribution in [3.63, 3.8) is 0 Å². The molecule has 1 aliphatic rings. The number of nitrogens with one attached hydrogen (secondary N) is 5. The number of thiocyanates is 1. The number of hydrogen-bond donors (Lipinski definition) is 5. The molecule has 0 unspecified atom stereocenters. The van der Waals surface area contributed by atoms with Gasteiger partial charge in [-0.1, -0.05) is 17.6 Å². The largest absolute Gasteiger partial charge is 0.753 e. The molecule has 1 rings (SSSR count). The quantitative estimate of drug-likeness (QED) is 0.118. The molecule has 141 valence electrons. The summed E-state index contributed by atoms with van der Waals surface area (Å²) in [6, 6.07) is 1.03. The van der Waals surface area contributed by atoms with Gasteiger partial charge in [-0.05, 0) is 13.8 Å². The van der Waals surface area contributed by atoms with Gasteiger partial charge >= 0.3 is 0 Å². The van der Waals surface area contributed by atoms with Crippen LogP contribution in [-0.4, -0.2) is 69.6 Å². The third-order valence-electron chi connectivity index (χ3n) is 3.24. The zero-order chi connectivity index (χ0) is 17.8. The Morgan fingerprint density at radius 1 is 0.875 bits per heavy atom. The Morgan fingerprint density at radius 2 is 1.08 bits per heavy atom. The van der Waals surface area contributed by atoms with Gasteiger partial charge in [0.15, 0.2) is 0 Å². The molecule has 5 N–H and O–H groups in total. The number of thiocarbonyl (C=S) groups is 1. The molecule has 1 radical (unpaired) electrons. The van der Waals surface area contributed by atoms with E-state index in [0.29, 0.717) is 12.1 Å². The van der Waals surface area contributed by atoms with Gasteiger partial charge < -0.3 is 44.6 Å². The minimum Gasteiger partial charge on any atom is -0.753 e. The molecule has 1 aliphatic heterocycles. The first-order chi connectivity index (χ1) is 11.1. The van der Waals surface area contributed by atoms with Crippen LogP contribution in [0.3, 0.4) is 0 Å². The zero-order valence-corrected chi connectivity index (χ0v) is 17.2. The minimum absolute atomic E-state index is 0. The van der Waals surface area contributed by atoms with Crippen LogP contribution in [0.1, 0.15) is 13.8 Å². The fourth-order valence-electron chi connectivity index (χ4n) is 1.86. The van der Waals surface area contributed by atoms with E-state index >= 15 is 0 Å². The summed E-state index contributed by atoms with van der Waals surface area (Å²) in [7, 11) is 0. The van der Waals surface area contributed by atoms with E-state index in [1.165, 1.54) is 10.6 Å². The fourth-order valence-corrected chi connectivity index (χ4v) is 1.86. The zero-order valence-electron chi connectivity index (χ0n) is 14.4. The predicted molar refractivity (Wildman–Crippen MR) is 102 cm³/mol. The molecule has 0 aromatic carbocycles. The van der Waals surface area contributed by atoms with Crippen LogP contribution in [-0.2, 0) is 29.7 Å². The maximum absolute atomic E-state index is 7.13. The van der Waals surface area contributed by atoms with E-state index in [2.05, 4.69) is 65.3 Å². The standard InChI is InChI=1S/C12H29N5.CHNS.CNS.Mn/c1-11-12(2)17-10-8-15-6-4-13-3-5-14-7-9-16-11;2*2-1-3;/h11-17H,3-10H2,1-2H3;3H;;/q;;-1;/p-1/t11-,12-;;;/m0.../s1. The van der Waals surface area contributed by atoms with Gasteiger partial charge in [0.1, 0.15) is 0 Å². The van der Waals surface area contributed by atoms with E-state index in [0.717, 1.165) is 52.4 Å². The molecule has 0 saturated carbocycles. The number of hydrogen-bond acceptors (Lipinski definition) is 8. The number of rotatable bonds is 0. The van der Waals surface area contributed by atoms with Gasteiger partial charge in [-0.2, -0.15) is 5.16 Å². The van der Waals surface area contributed by atoms with E-state index in [9.17, 15) is 0 Å². The normalized spacial score (nSPS) is 22.9. The van der Waals surface area contributed by atoms with Crippen molar-refractivity contribution in [1.29, 1.82) is 5.26 Å². The molecule has 1 heterocycles. The first-order valence-electron chi connectivity index (χ1n) is 7.75. The molecule has 0 bridgehead atoms. The summed E-state index contributed by atoms with van der Waals surface area (Å²) in [6.45, 7) is 12.8. The van der Waals surface area contributed by atoms with Crippen LogP contribution in [0, 0.1) is 10.7 Å². The van der Waals surface area contributed by atoms with Gasteiger partial charge in [0.05, 0.1) is 0 Å². The summed E-state index contributed by atoms with van der Waals surface area (Å²) < 4.78 is 0. The molecule has 0 aromatic rings. The number of isothiocyanates is 1. The smallest absolute Gasteiger partial charge is 0.0190 e. The van der Waals surface area contributed by atoms with Crippen molar-refractivity contribution in [2.24, 2.45) is 0 Å². The number of nitrogens with zero attached hydrogens (tertiary/aromatic N) is 2. The van der Waals surface area contributed by atoms with Crippen molar-refractivity contribution >= 4 is 30.0 Å². The maximum Gasteiger partial charge on any atom is 0.0190 e. The van der Waals surface area contributed by atoms with Crippen molar-refractivity contribution in [2.75, 3.05) is 52.4 Å². The van der Waals surface area contributed by atoms with Crippen LogP contribution in [0.25, 0.3) is 5.41 Å². The van der Waals surface area contributed by atoms with Crippen LogP contribution in [0.15, 0.2) is 0 Å². The molecule has 0 aliphatic carbocycles. The Kier molecular flexibility index (Phi) is 29.9. The topological polar surface area (TPSA) is 106 Å². The Balaban J connectivity index is -0.000000550. The van der Waals surface area contributed by atoms with Crippen LogP contribution >= 0.6 is 12.2 Å². The van der Waals surface area contributed by atoms with E-state index in [4.69, 9.17) is 10.7 Å². The third kappa shape index (κ3) is 24.1. The summed E-state index contributed by atoms with van der Waals surface area (Å²) in [5.41, 5.74) is 0. The second-order valence-corrected chi connectivity index (χ2v) is 5.28. The second kappa shape index (κ2) is 25.1. The molecule has 1 fully saturated rings. The van der Waals surface area contributed by atoms with Gasteiger partial charge in [-0.15, -0.1) is 0 Å². The summed E-state index contributed by atoms with van der Waals surface area (Å²) in [5, 5.41) is 34.3. The average Bonchev–Trinajstić information content (AvgIpc) is 2.52. The van der Waals surface area contributed by atoms with Crippen molar-refractivity contribution < 1.29 is 17.1 Å². The molecule has 2 atom stereocenters. The van der Waals surface area contributed by atoms with Crippen LogP contribution in [0.4, 0.5) is 0 Å². The van der Waals surface area contributed by atoms with E-state index in [1.54, 1.807) is 0 Å². The Hall–Kier alpha value is -0.171. The third-order valence-corrected chi connectivity index (χ3v) is 3.24. The van der Waals surface area contributed by atoms with Gasteiger partial charge in [-0.25, -0.2) is 5.26 Å². The molecule has 0 amide bonds. The van der Waals surface area contributed by atoms with Crippen molar-refractivity contribution in [1.82, 2.24) is 26.6 Å². The SMILES string of the molecule is C[C@@H]1NCCNCCNCCNCCN[C@H]1C.N#C[S-].[Mn].[N-]=C=S. The molecule has 7 nitrogen and oxygen atoms in total. The predicted octanol–water partition coefficient (Wildman–Crippen LogP) is -0.605. The molecule has 0 spiro atoms. The van der Waals surface area contributed by atoms with Gasteiger partial charge in [0, 0.05) is 81.5 Å². The van der Waals surface area contributed by atoms with Crippen molar-refractivity contribution in [3.05, 3.63) is 5.41 Å². The Morgan fingerprint density at radius 3 is 1.33 bits per heavy atom. The molecule has 10 heteroatoms.